The molecule has 1 amide bonds. The lowest BCUT2D eigenvalue weighted by atomic mass is 10.1. The molecule has 1 aromatic heterocycles. The van der Waals surface area contributed by atoms with Gasteiger partial charge >= 0.3 is 12.1 Å². The number of rotatable bonds is 4. The van der Waals surface area contributed by atoms with Crippen LogP contribution in [0.15, 0.2) is 47.0 Å². The molecule has 0 atom stereocenters. The smallest absolute Gasteiger partial charge is 0.348 e. The van der Waals surface area contributed by atoms with Crippen molar-refractivity contribution in [3.63, 3.8) is 0 Å². The van der Waals surface area contributed by atoms with Crippen LogP contribution in [0, 0.1) is 0 Å². The Kier molecular flexibility index (Phi) is 5.38. The van der Waals surface area contributed by atoms with Gasteiger partial charge in [0.2, 0.25) is 5.82 Å². The molecule has 0 unspecified atom stereocenters. The molecule has 0 spiro atoms. The minimum atomic E-state index is -4.70. The van der Waals surface area contributed by atoms with Gasteiger partial charge in [-0.05, 0) is 17.7 Å². The Labute approximate surface area is 161 Å². The molecule has 10 heteroatoms. The van der Waals surface area contributed by atoms with E-state index >= 15 is 0 Å². The quantitative estimate of drug-likeness (QED) is 0.651. The number of carbonyl (C=O) groups is 1. The third-order valence-electron chi connectivity index (χ3n) is 3.52. The summed E-state index contributed by atoms with van der Waals surface area (Å²) in [6, 6.07) is 11.0. The van der Waals surface area contributed by atoms with Crippen LogP contribution in [-0.4, -0.2) is 16.0 Å². The van der Waals surface area contributed by atoms with Crippen LogP contribution in [0.25, 0.3) is 11.4 Å². The Morgan fingerprint density at radius 3 is 2.26 bits per heavy atom. The number of nitrogens with one attached hydrogen (secondary N) is 1. The summed E-state index contributed by atoms with van der Waals surface area (Å²) in [6.07, 6.45) is -4.70. The van der Waals surface area contributed by atoms with Gasteiger partial charge in [0.05, 0.1) is 15.6 Å². The topological polar surface area (TPSA) is 68.0 Å². The molecule has 1 N–H and O–H groups in total. The number of alkyl halides is 3. The number of amides is 1. The fourth-order valence-corrected chi connectivity index (χ4v) is 2.78. The van der Waals surface area contributed by atoms with E-state index in [-0.39, 0.29) is 28.0 Å². The fourth-order valence-electron chi connectivity index (χ4n) is 2.21. The number of hydrogen-bond donors (Lipinski definition) is 1. The standard InChI is InChI=1S/C17H10Cl2F3N3O2/c18-11-2-1-3-12(19)13(11)15(26)23-8-9-4-6-10(7-5-9)14-24-16(27-25-14)17(20,21)22/h1-7H,8H2,(H,23,26). The second-order valence-corrected chi connectivity index (χ2v) is 6.21. The van der Waals surface area contributed by atoms with Crippen LogP contribution in [0.3, 0.4) is 0 Å². The molecule has 3 rings (SSSR count). The zero-order chi connectivity index (χ0) is 19.6. The van der Waals surface area contributed by atoms with Crippen LogP contribution in [0.4, 0.5) is 13.2 Å². The van der Waals surface area contributed by atoms with Gasteiger partial charge in [0, 0.05) is 12.1 Å². The van der Waals surface area contributed by atoms with E-state index in [4.69, 9.17) is 23.2 Å². The number of nitrogens with zero attached hydrogens (tertiary/aromatic N) is 2. The maximum Gasteiger partial charge on any atom is 0.471 e. The van der Waals surface area contributed by atoms with Crippen molar-refractivity contribution in [2.45, 2.75) is 12.7 Å². The highest BCUT2D eigenvalue weighted by atomic mass is 35.5. The molecule has 27 heavy (non-hydrogen) atoms. The van der Waals surface area contributed by atoms with Crippen LogP contribution in [0.5, 0.6) is 0 Å². The van der Waals surface area contributed by atoms with Crippen LogP contribution >= 0.6 is 23.2 Å². The lowest BCUT2D eigenvalue weighted by Gasteiger charge is -2.08. The summed E-state index contributed by atoms with van der Waals surface area (Å²) >= 11 is 12.0. The first-order valence-electron chi connectivity index (χ1n) is 7.48. The third kappa shape index (κ3) is 4.40. The molecule has 0 aliphatic rings. The molecule has 0 bridgehead atoms. The second kappa shape index (κ2) is 7.58. The van der Waals surface area contributed by atoms with Crippen molar-refractivity contribution < 1.29 is 22.5 Å². The average molecular weight is 416 g/mol. The molecule has 0 aliphatic heterocycles. The molecule has 0 saturated carbocycles. The van der Waals surface area contributed by atoms with E-state index in [1.807, 2.05) is 0 Å². The summed E-state index contributed by atoms with van der Waals surface area (Å²) in [5.74, 6) is -2.03. The molecule has 3 aromatic rings. The summed E-state index contributed by atoms with van der Waals surface area (Å²) in [7, 11) is 0. The van der Waals surface area contributed by atoms with E-state index in [2.05, 4.69) is 20.0 Å². The van der Waals surface area contributed by atoms with Crippen LogP contribution in [0.2, 0.25) is 10.0 Å². The summed E-state index contributed by atoms with van der Waals surface area (Å²) in [4.78, 5) is 15.5. The lowest BCUT2D eigenvalue weighted by molar-refractivity contribution is -0.159. The molecule has 1 heterocycles. The zero-order valence-corrected chi connectivity index (χ0v) is 14.9. The minimum Gasteiger partial charge on any atom is -0.348 e. The Morgan fingerprint density at radius 2 is 1.70 bits per heavy atom. The van der Waals surface area contributed by atoms with E-state index in [0.717, 1.165) is 0 Å². The van der Waals surface area contributed by atoms with Crippen molar-refractivity contribution >= 4 is 29.1 Å². The van der Waals surface area contributed by atoms with Gasteiger partial charge < -0.3 is 9.84 Å². The van der Waals surface area contributed by atoms with Crippen molar-refractivity contribution in [1.82, 2.24) is 15.5 Å². The lowest BCUT2D eigenvalue weighted by Crippen LogP contribution is -2.23. The maximum atomic E-state index is 12.5. The van der Waals surface area contributed by atoms with E-state index in [0.29, 0.717) is 11.1 Å². The van der Waals surface area contributed by atoms with Gasteiger partial charge in [0.25, 0.3) is 5.91 Å². The van der Waals surface area contributed by atoms with Crippen molar-refractivity contribution in [3.8, 4) is 11.4 Å². The monoisotopic (exact) mass is 415 g/mol. The third-order valence-corrected chi connectivity index (χ3v) is 4.15. The number of carbonyl (C=O) groups excluding carboxylic acids is 1. The van der Waals surface area contributed by atoms with Gasteiger partial charge in [-0.15, -0.1) is 0 Å². The van der Waals surface area contributed by atoms with Crippen molar-refractivity contribution in [1.29, 1.82) is 0 Å². The largest absolute Gasteiger partial charge is 0.471 e. The zero-order valence-electron chi connectivity index (χ0n) is 13.3. The predicted molar refractivity (Wildman–Crippen MR) is 92.4 cm³/mol. The second-order valence-electron chi connectivity index (χ2n) is 5.40. The average Bonchev–Trinajstić information content (AvgIpc) is 3.11. The number of halogens is 5. The van der Waals surface area contributed by atoms with E-state index < -0.39 is 18.0 Å². The summed E-state index contributed by atoms with van der Waals surface area (Å²) in [5, 5.41) is 6.44. The first kappa shape index (κ1) is 19.2. The first-order chi connectivity index (χ1) is 12.8. The number of benzene rings is 2. The van der Waals surface area contributed by atoms with Gasteiger partial charge in [-0.1, -0.05) is 58.7 Å². The Balaban J connectivity index is 1.68. The highest BCUT2D eigenvalue weighted by Crippen LogP contribution is 2.29. The van der Waals surface area contributed by atoms with Crippen molar-refractivity contribution in [3.05, 3.63) is 69.5 Å². The molecule has 0 radical (unpaired) electrons. The summed E-state index contributed by atoms with van der Waals surface area (Å²) in [6.45, 7) is 0.167. The Bertz CT molecular complexity index is 952. The van der Waals surface area contributed by atoms with E-state index in [1.54, 1.807) is 30.3 Å². The van der Waals surface area contributed by atoms with E-state index in [1.165, 1.54) is 12.1 Å². The molecular formula is C17H10Cl2F3N3O2. The Morgan fingerprint density at radius 1 is 1.07 bits per heavy atom. The fraction of sp³-hybridized carbons (Fsp3) is 0.118. The number of aromatic nitrogens is 2. The number of hydrogen-bond acceptors (Lipinski definition) is 4. The molecular weight excluding hydrogens is 406 g/mol. The van der Waals surface area contributed by atoms with Gasteiger partial charge in [-0.2, -0.15) is 18.2 Å². The molecule has 140 valence electrons. The molecule has 0 saturated heterocycles. The van der Waals surface area contributed by atoms with Gasteiger partial charge in [-0.3, -0.25) is 4.79 Å². The molecule has 0 fully saturated rings. The maximum absolute atomic E-state index is 12.5. The Hall–Kier alpha value is -2.58. The SMILES string of the molecule is O=C(NCc1ccc(-c2noc(C(F)(F)F)n2)cc1)c1c(Cl)cccc1Cl. The predicted octanol–water partition coefficient (Wildman–Crippen LogP) is 4.99. The van der Waals surface area contributed by atoms with Gasteiger partial charge in [0.15, 0.2) is 0 Å². The molecule has 2 aromatic carbocycles. The van der Waals surface area contributed by atoms with Crippen LogP contribution in [0.1, 0.15) is 21.8 Å². The van der Waals surface area contributed by atoms with Crippen molar-refractivity contribution in [2.75, 3.05) is 0 Å². The minimum absolute atomic E-state index is 0.167. The van der Waals surface area contributed by atoms with Gasteiger partial charge in [0.1, 0.15) is 0 Å². The van der Waals surface area contributed by atoms with Crippen molar-refractivity contribution in [2.24, 2.45) is 0 Å². The van der Waals surface area contributed by atoms with Gasteiger partial charge in [-0.25, -0.2) is 0 Å². The first-order valence-corrected chi connectivity index (χ1v) is 8.23. The highest BCUT2D eigenvalue weighted by Gasteiger charge is 2.38. The molecule has 5 nitrogen and oxygen atoms in total. The van der Waals surface area contributed by atoms with Crippen LogP contribution in [-0.2, 0) is 12.7 Å². The summed E-state index contributed by atoms with van der Waals surface area (Å²) < 4.78 is 41.7. The van der Waals surface area contributed by atoms with Crippen LogP contribution < -0.4 is 5.32 Å². The highest BCUT2D eigenvalue weighted by molar-refractivity contribution is 6.39. The normalized spacial score (nSPS) is 11.4. The summed E-state index contributed by atoms with van der Waals surface area (Å²) in [5.41, 5.74) is 1.22. The molecule has 0 aliphatic carbocycles. The van der Waals surface area contributed by atoms with E-state index in [9.17, 15) is 18.0 Å².